The largest absolute Gasteiger partial charge is 0.481 e. The summed E-state index contributed by atoms with van der Waals surface area (Å²) in [6.07, 6.45) is -0.00536. The molecule has 0 saturated heterocycles. The Morgan fingerprint density at radius 3 is 2.22 bits per heavy atom. The van der Waals surface area contributed by atoms with E-state index in [1.807, 2.05) is 72.8 Å². The molecule has 0 fully saturated rings. The minimum Gasteiger partial charge on any atom is -0.481 e. The summed E-state index contributed by atoms with van der Waals surface area (Å²) in [5.74, 6) is 0.638. The number of benzene rings is 4. The molecule has 182 valence electrons. The fraction of sp³-hybridized carbons (Fsp3) is 0.194. The van der Waals surface area contributed by atoms with Crippen molar-refractivity contribution in [2.24, 2.45) is 0 Å². The molecule has 0 aliphatic carbocycles. The van der Waals surface area contributed by atoms with Crippen molar-refractivity contribution in [1.82, 2.24) is 4.90 Å². The zero-order chi connectivity index (χ0) is 24.9. The van der Waals surface area contributed by atoms with Gasteiger partial charge in [0.05, 0.1) is 6.42 Å². The van der Waals surface area contributed by atoms with Gasteiger partial charge in [-0.2, -0.15) is 0 Å². The number of hydrogen-bond acceptors (Lipinski definition) is 4. The molecule has 0 aromatic heterocycles. The van der Waals surface area contributed by atoms with Crippen LogP contribution in [-0.2, 0) is 11.3 Å². The maximum Gasteiger partial charge on any atom is 0.305 e. The second-order valence-electron chi connectivity index (χ2n) is 9.05. The van der Waals surface area contributed by atoms with Gasteiger partial charge in [0.2, 0.25) is 6.79 Å². The fourth-order valence-corrected chi connectivity index (χ4v) is 4.83. The molecule has 1 aliphatic rings. The van der Waals surface area contributed by atoms with Crippen molar-refractivity contribution in [2.75, 3.05) is 6.79 Å². The molecule has 4 aromatic rings. The molecule has 0 radical (unpaired) electrons. The molecule has 36 heavy (non-hydrogen) atoms. The molecule has 4 aromatic carbocycles. The first-order chi connectivity index (χ1) is 17.6. The summed E-state index contributed by atoms with van der Waals surface area (Å²) in [6, 6.07) is 34.2. The van der Waals surface area contributed by atoms with Crippen LogP contribution in [0.4, 0.5) is 0 Å². The lowest BCUT2D eigenvalue weighted by Gasteiger charge is -2.37. The Bertz CT molecular complexity index is 1320. The van der Waals surface area contributed by atoms with Crippen molar-refractivity contribution in [3.8, 4) is 22.6 Å². The smallest absolute Gasteiger partial charge is 0.305 e. The Labute approximate surface area is 211 Å². The number of carbonyl (C=O) groups is 1. The van der Waals surface area contributed by atoms with Gasteiger partial charge in [-0.15, -0.1) is 0 Å². The normalized spacial score (nSPS) is 13.9. The minimum atomic E-state index is -0.827. The molecule has 0 amide bonds. The van der Waals surface area contributed by atoms with Gasteiger partial charge >= 0.3 is 5.97 Å². The molecule has 0 saturated carbocycles. The van der Waals surface area contributed by atoms with Crippen LogP contribution in [0.3, 0.4) is 0 Å². The molecule has 0 bridgehead atoms. The van der Waals surface area contributed by atoms with E-state index in [4.69, 9.17) is 9.47 Å². The highest BCUT2D eigenvalue weighted by Crippen LogP contribution is 2.39. The highest BCUT2D eigenvalue weighted by atomic mass is 16.7. The Kier molecular flexibility index (Phi) is 7.01. The van der Waals surface area contributed by atoms with Crippen LogP contribution in [0.2, 0.25) is 0 Å². The lowest BCUT2D eigenvalue weighted by Crippen LogP contribution is -2.32. The van der Waals surface area contributed by atoms with E-state index in [1.165, 1.54) is 0 Å². The van der Waals surface area contributed by atoms with Gasteiger partial charge in [0.15, 0.2) is 11.5 Å². The lowest BCUT2D eigenvalue weighted by atomic mass is 9.94. The average Bonchev–Trinajstić information content (AvgIpc) is 3.39. The molecule has 5 nitrogen and oxygen atoms in total. The molecular weight excluding hydrogens is 450 g/mol. The van der Waals surface area contributed by atoms with Crippen LogP contribution in [0.15, 0.2) is 103 Å². The summed E-state index contributed by atoms with van der Waals surface area (Å²) in [5.41, 5.74) is 5.26. The number of carboxylic acids is 1. The first-order valence-corrected chi connectivity index (χ1v) is 12.1. The predicted molar refractivity (Wildman–Crippen MR) is 140 cm³/mol. The fourth-order valence-electron chi connectivity index (χ4n) is 4.83. The predicted octanol–water partition coefficient (Wildman–Crippen LogP) is 6.86. The number of ether oxygens (including phenoxy) is 2. The average molecular weight is 480 g/mol. The quantitative estimate of drug-likeness (QED) is 0.284. The third kappa shape index (κ3) is 5.26. The molecule has 0 unspecified atom stereocenters. The van der Waals surface area contributed by atoms with Crippen molar-refractivity contribution >= 4 is 5.97 Å². The van der Waals surface area contributed by atoms with Crippen LogP contribution in [-0.4, -0.2) is 22.8 Å². The van der Waals surface area contributed by atoms with Gasteiger partial charge in [-0.1, -0.05) is 84.9 Å². The van der Waals surface area contributed by atoms with Crippen LogP contribution in [0, 0.1) is 0 Å². The summed E-state index contributed by atoms with van der Waals surface area (Å²) in [5, 5.41) is 9.95. The Balaban J connectivity index is 1.55. The number of aliphatic carboxylic acids is 1. The van der Waals surface area contributed by atoms with Crippen molar-refractivity contribution in [2.45, 2.75) is 32.0 Å². The van der Waals surface area contributed by atoms with Gasteiger partial charge in [0, 0.05) is 18.6 Å². The van der Waals surface area contributed by atoms with Crippen molar-refractivity contribution in [3.05, 3.63) is 120 Å². The molecule has 2 atom stereocenters. The van der Waals surface area contributed by atoms with Crippen LogP contribution >= 0.6 is 0 Å². The highest BCUT2D eigenvalue weighted by Gasteiger charge is 2.28. The maximum atomic E-state index is 12.1. The third-order valence-electron chi connectivity index (χ3n) is 6.73. The summed E-state index contributed by atoms with van der Waals surface area (Å²) >= 11 is 0. The summed E-state index contributed by atoms with van der Waals surface area (Å²) < 4.78 is 11.0. The summed E-state index contributed by atoms with van der Waals surface area (Å²) in [6.45, 7) is 3.00. The first-order valence-electron chi connectivity index (χ1n) is 12.1. The SMILES string of the molecule is C[C@H](c1ccccc1)N(Cc1ccccc1)[C@@H](CC(=O)O)c1cccc(-c2ccc3c(c2)OCO3)c1. The zero-order valence-electron chi connectivity index (χ0n) is 20.2. The molecular formula is C31H29NO4. The maximum absolute atomic E-state index is 12.1. The summed E-state index contributed by atoms with van der Waals surface area (Å²) in [4.78, 5) is 14.4. The van der Waals surface area contributed by atoms with E-state index in [9.17, 15) is 9.90 Å². The van der Waals surface area contributed by atoms with E-state index in [1.54, 1.807) is 0 Å². The second-order valence-corrected chi connectivity index (χ2v) is 9.05. The van der Waals surface area contributed by atoms with E-state index in [-0.39, 0.29) is 25.3 Å². The van der Waals surface area contributed by atoms with Crippen molar-refractivity contribution < 1.29 is 19.4 Å². The van der Waals surface area contributed by atoms with Crippen LogP contribution < -0.4 is 9.47 Å². The van der Waals surface area contributed by atoms with E-state index < -0.39 is 5.97 Å². The van der Waals surface area contributed by atoms with Gasteiger partial charge in [0.1, 0.15) is 0 Å². The minimum absolute atomic E-state index is 0.00459. The van der Waals surface area contributed by atoms with Crippen LogP contribution in [0.25, 0.3) is 11.1 Å². The Hall–Kier alpha value is -4.09. The highest BCUT2D eigenvalue weighted by molar-refractivity contribution is 5.70. The van der Waals surface area contributed by atoms with Gasteiger partial charge in [0.25, 0.3) is 0 Å². The van der Waals surface area contributed by atoms with E-state index in [0.717, 1.165) is 39.3 Å². The van der Waals surface area contributed by atoms with Crippen LogP contribution in [0.1, 0.15) is 42.1 Å². The molecule has 5 rings (SSSR count). The van der Waals surface area contributed by atoms with Gasteiger partial charge < -0.3 is 14.6 Å². The number of carboxylic acid groups (broad SMARTS) is 1. The molecule has 0 spiro atoms. The lowest BCUT2D eigenvalue weighted by molar-refractivity contribution is -0.138. The van der Waals surface area contributed by atoms with Crippen molar-refractivity contribution in [3.63, 3.8) is 0 Å². The molecule has 1 heterocycles. The standard InChI is InChI=1S/C31H29NO4/c1-22(24-11-6-3-7-12-24)32(20-23-9-4-2-5-10-23)28(19-31(33)34)27-14-8-13-25(17-27)26-15-16-29-30(18-26)36-21-35-29/h2-18,22,28H,19-21H2,1H3,(H,33,34)/t22-,28+/m1/s1. The third-order valence-corrected chi connectivity index (χ3v) is 6.73. The molecule has 5 heteroatoms. The summed E-state index contributed by atoms with van der Waals surface area (Å²) in [7, 11) is 0. The van der Waals surface area contributed by atoms with E-state index in [0.29, 0.717) is 6.54 Å². The number of nitrogens with zero attached hydrogens (tertiary/aromatic N) is 1. The second kappa shape index (κ2) is 10.7. The van der Waals surface area contributed by atoms with Crippen LogP contribution in [0.5, 0.6) is 11.5 Å². The zero-order valence-corrected chi connectivity index (χ0v) is 20.2. The number of hydrogen-bond donors (Lipinski definition) is 1. The van der Waals surface area contributed by atoms with Gasteiger partial charge in [-0.25, -0.2) is 0 Å². The first kappa shape index (κ1) is 23.6. The van der Waals surface area contributed by atoms with E-state index >= 15 is 0 Å². The number of rotatable bonds is 9. The van der Waals surface area contributed by atoms with E-state index in [2.05, 4.69) is 42.2 Å². The monoisotopic (exact) mass is 479 g/mol. The van der Waals surface area contributed by atoms with Crippen molar-refractivity contribution in [1.29, 1.82) is 0 Å². The number of fused-ring (bicyclic) bond motifs is 1. The molecule has 1 N–H and O–H groups in total. The van der Waals surface area contributed by atoms with Gasteiger partial charge in [-0.05, 0) is 52.9 Å². The Morgan fingerprint density at radius 1 is 0.806 bits per heavy atom. The Morgan fingerprint density at radius 2 is 1.47 bits per heavy atom. The topological polar surface area (TPSA) is 59.0 Å². The van der Waals surface area contributed by atoms with Gasteiger partial charge in [-0.3, -0.25) is 9.69 Å². The molecule has 1 aliphatic heterocycles.